The van der Waals surface area contributed by atoms with Crippen LogP contribution in [0.2, 0.25) is 0 Å². The molecule has 0 amide bonds. The Labute approximate surface area is 309 Å². The minimum absolute atomic E-state index is 0.0312. The summed E-state index contributed by atoms with van der Waals surface area (Å²) in [6.07, 6.45) is 0. The van der Waals surface area contributed by atoms with Gasteiger partial charge in [-0.15, -0.1) is 0 Å². The van der Waals surface area contributed by atoms with Crippen LogP contribution in [0.25, 0.3) is 98.4 Å². The molecule has 0 heteroatoms. The van der Waals surface area contributed by atoms with E-state index in [1.807, 2.05) is 0 Å². The van der Waals surface area contributed by atoms with E-state index in [0.29, 0.717) is 0 Å². The highest BCUT2D eigenvalue weighted by molar-refractivity contribution is 6.39. The Balaban J connectivity index is 1.15. The van der Waals surface area contributed by atoms with E-state index in [9.17, 15) is 0 Å². The van der Waals surface area contributed by atoms with E-state index in [0.717, 1.165) is 0 Å². The summed E-state index contributed by atoms with van der Waals surface area (Å²) in [5, 5.41) is 13.0. The van der Waals surface area contributed by atoms with E-state index < -0.39 is 0 Å². The lowest BCUT2D eigenvalue weighted by Crippen LogP contribution is -2.14. The molecule has 10 aromatic carbocycles. The lowest BCUT2D eigenvalue weighted by Gasteiger charge is -2.22. The SMILES string of the molecule is CC1(C)c2ccccc2-c2ccc(-c3cccc(-c4ccc5c6ccc(-c7ccccc7)cc6c6c7ccccc7c7ccccc7c6c5c4)c3)cc21. The van der Waals surface area contributed by atoms with Gasteiger partial charge in [0, 0.05) is 5.41 Å². The molecule has 1 aliphatic rings. The summed E-state index contributed by atoms with van der Waals surface area (Å²) in [5.41, 5.74) is 12.9. The average Bonchev–Trinajstić information content (AvgIpc) is 3.46. The molecule has 0 spiro atoms. The Morgan fingerprint density at radius 2 is 0.698 bits per heavy atom. The molecule has 0 radical (unpaired) electrons. The summed E-state index contributed by atoms with van der Waals surface area (Å²) in [4.78, 5) is 0. The Bertz CT molecular complexity index is 3120. The van der Waals surface area contributed by atoms with Crippen LogP contribution >= 0.6 is 0 Å². The van der Waals surface area contributed by atoms with Crippen molar-refractivity contribution >= 4 is 53.9 Å². The fourth-order valence-electron chi connectivity index (χ4n) is 9.42. The molecule has 53 heavy (non-hydrogen) atoms. The number of rotatable bonds is 3. The highest BCUT2D eigenvalue weighted by Gasteiger charge is 2.35. The first-order chi connectivity index (χ1) is 26.0. The Morgan fingerprint density at radius 3 is 1.34 bits per heavy atom. The van der Waals surface area contributed by atoms with Gasteiger partial charge in [-0.3, -0.25) is 0 Å². The molecule has 0 aliphatic heterocycles. The minimum Gasteiger partial charge on any atom is -0.0622 e. The lowest BCUT2D eigenvalue weighted by molar-refractivity contribution is 0.660. The predicted octanol–water partition coefficient (Wildman–Crippen LogP) is 14.8. The van der Waals surface area contributed by atoms with E-state index in [1.54, 1.807) is 0 Å². The summed E-state index contributed by atoms with van der Waals surface area (Å²) in [7, 11) is 0. The summed E-state index contributed by atoms with van der Waals surface area (Å²) >= 11 is 0. The van der Waals surface area contributed by atoms with Crippen molar-refractivity contribution in [2.45, 2.75) is 19.3 Å². The van der Waals surface area contributed by atoms with Crippen LogP contribution in [0.3, 0.4) is 0 Å². The Kier molecular flexibility index (Phi) is 6.40. The molecule has 10 aromatic rings. The first kappa shape index (κ1) is 30.2. The molecule has 0 unspecified atom stereocenters. The largest absolute Gasteiger partial charge is 0.0622 e. The summed E-state index contributed by atoms with van der Waals surface area (Å²) in [6.45, 7) is 4.71. The van der Waals surface area contributed by atoms with E-state index in [2.05, 4.69) is 196 Å². The highest BCUT2D eigenvalue weighted by Crippen LogP contribution is 2.50. The summed E-state index contributed by atoms with van der Waals surface area (Å²) in [5.74, 6) is 0. The fourth-order valence-corrected chi connectivity index (χ4v) is 9.42. The molecule has 0 aromatic heterocycles. The van der Waals surface area contributed by atoms with E-state index >= 15 is 0 Å². The molecule has 0 heterocycles. The molecule has 0 saturated heterocycles. The molecule has 0 N–H and O–H groups in total. The monoisotopic (exact) mass is 672 g/mol. The Hall–Kier alpha value is -6.50. The van der Waals surface area contributed by atoms with Crippen LogP contribution in [0, 0.1) is 0 Å². The molecule has 0 saturated carbocycles. The van der Waals surface area contributed by atoms with Crippen LogP contribution in [0.1, 0.15) is 25.0 Å². The zero-order valence-corrected chi connectivity index (χ0v) is 29.8. The van der Waals surface area contributed by atoms with Crippen LogP contribution in [0.4, 0.5) is 0 Å². The number of benzene rings is 10. The zero-order chi connectivity index (χ0) is 35.3. The van der Waals surface area contributed by atoms with Gasteiger partial charge in [0.15, 0.2) is 0 Å². The molecular weight excluding hydrogens is 637 g/mol. The quantitative estimate of drug-likeness (QED) is 0.164. The number of fused-ring (bicyclic) bond motifs is 14. The van der Waals surface area contributed by atoms with Gasteiger partial charge < -0.3 is 0 Å². The van der Waals surface area contributed by atoms with Gasteiger partial charge in [-0.05, 0) is 134 Å². The van der Waals surface area contributed by atoms with Crippen LogP contribution in [-0.4, -0.2) is 0 Å². The maximum absolute atomic E-state index is 2.45. The van der Waals surface area contributed by atoms with Gasteiger partial charge in [-0.1, -0.05) is 172 Å². The third-order valence-electron chi connectivity index (χ3n) is 12.0. The van der Waals surface area contributed by atoms with Crippen LogP contribution < -0.4 is 0 Å². The topological polar surface area (TPSA) is 0 Å². The molecule has 0 nitrogen and oxygen atoms in total. The van der Waals surface area contributed by atoms with Gasteiger partial charge in [-0.25, -0.2) is 0 Å². The Morgan fingerprint density at radius 1 is 0.264 bits per heavy atom. The van der Waals surface area contributed by atoms with Crippen molar-refractivity contribution < 1.29 is 0 Å². The lowest BCUT2D eigenvalue weighted by atomic mass is 9.81. The van der Waals surface area contributed by atoms with Gasteiger partial charge >= 0.3 is 0 Å². The maximum atomic E-state index is 2.45. The van der Waals surface area contributed by atoms with Gasteiger partial charge in [0.1, 0.15) is 0 Å². The molecule has 0 fully saturated rings. The number of hydrogen-bond donors (Lipinski definition) is 0. The second-order valence-electron chi connectivity index (χ2n) is 15.2. The molecule has 0 bridgehead atoms. The van der Waals surface area contributed by atoms with Crippen molar-refractivity contribution in [3.8, 4) is 44.5 Å². The third kappa shape index (κ3) is 4.42. The fraction of sp³-hybridized carbons (Fsp3) is 0.0566. The first-order valence-corrected chi connectivity index (χ1v) is 18.7. The van der Waals surface area contributed by atoms with Crippen molar-refractivity contribution in [1.29, 1.82) is 0 Å². The van der Waals surface area contributed by atoms with Crippen molar-refractivity contribution in [3.63, 3.8) is 0 Å². The molecular formula is C53H36. The maximum Gasteiger partial charge on any atom is 0.0159 e. The second-order valence-corrected chi connectivity index (χ2v) is 15.2. The van der Waals surface area contributed by atoms with Gasteiger partial charge in [0.2, 0.25) is 0 Å². The van der Waals surface area contributed by atoms with Crippen molar-refractivity contribution in [2.24, 2.45) is 0 Å². The third-order valence-corrected chi connectivity index (χ3v) is 12.0. The smallest absolute Gasteiger partial charge is 0.0159 e. The minimum atomic E-state index is -0.0312. The van der Waals surface area contributed by atoms with Gasteiger partial charge in [0.25, 0.3) is 0 Å². The van der Waals surface area contributed by atoms with Gasteiger partial charge in [-0.2, -0.15) is 0 Å². The number of hydrogen-bond acceptors (Lipinski definition) is 0. The average molecular weight is 673 g/mol. The van der Waals surface area contributed by atoms with Crippen molar-refractivity contribution in [2.75, 3.05) is 0 Å². The van der Waals surface area contributed by atoms with E-state index in [4.69, 9.17) is 0 Å². The zero-order valence-electron chi connectivity index (χ0n) is 29.8. The summed E-state index contributed by atoms with van der Waals surface area (Å²) < 4.78 is 0. The predicted molar refractivity (Wildman–Crippen MR) is 228 cm³/mol. The highest BCUT2D eigenvalue weighted by atomic mass is 14.4. The molecule has 11 rings (SSSR count). The van der Waals surface area contributed by atoms with Gasteiger partial charge in [0.05, 0.1) is 0 Å². The molecule has 248 valence electrons. The van der Waals surface area contributed by atoms with Crippen LogP contribution in [-0.2, 0) is 5.41 Å². The second kappa shape index (κ2) is 11.2. The van der Waals surface area contributed by atoms with E-state index in [-0.39, 0.29) is 5.41 Å². The van der Waals surface area contributed by atoms with Crippen molar-refractivity contribution in [3.05, 3.63) is 193 Å². The molecule has 0 atom stereocenters. The van der Waals surface area contributed by atoms with Crippen molar-refractivity contribution in [1.82, 2.24) is 0 Å². The molecule has 1 aliphatic carbocycles. The normalized spacial score (nSPS) is 13.2. The first-order valence-electron chi connectivity index (χ1n) is 18.7. The van der Waals surface area contributed by atoms with E-state index in [1.165, 1.54) is 109 Å². The van der Waals surface area contributed by atoms with Crippen LogP contribution in [0.15, 0.2) is 182 Å². The standard InChI is InChI=1S/C53H36/c1-53(2)49-22-11-10-19-43(49)44-28-25-38(32-50(44)53)35-16-12-15-34(29-35)37-24-27-42-41-26-23-36(33-13-4-3-5-14-33)30-47(41)51-45-20-8-6-17-39(45)40-18-7-9-21-46(40)52(51)48(42)31-37/h3-32H,1-2H3. The van der Waals surface area contributed by atoms with Crippen LogP contribution in [0.5, 0.6) is 0 Å². The summed E-state index contributed by atoms with van der Waals surface area (Å²) in [6, 6.07) is 67.9.